The predicted molar refractivity (Wildman–Crippen MR) is 89.3 cm³/mol. The van der Waals surface area contributed by atoms with Crippen LogP contribution in [-0.4, -0.2) is 15.0 Å². The Balaban J connectivity index is 2.37. The zero-order valence-corrected chi connectivity index (χ0v) is 14.7. The Labute approximate surface area is 140 Å². The maximum Gasteiger partial charge on any atom is 0.387 e. The third-order valence-electron chi connectivity index (χ3n) is 3.54. The number of rotatable bonds is 5. The molecule has 130 valence electrons. The number of hydrogen-bond acceptors (Lipinski definition) is 3. The Morgan fingerprint density at radius 1 is 0.958 bits per heavy atom. The number of anilines is 1. The molecule has 2 aromatic carbocycles. The topological polar surface area (TPSA) is 55.4 Å². The maximum atomic E-state index is 12.7. The summed E-state index contributed by atoms with van der Waals surface area (Å²) in [5.41, 5.74) is 3.08. The predicted octanol–water partition coefficient (Wildman–Crippen LogP) is 4.32. The molecule has 1 N–H and O–H groups in total. The van der Waals surface area contributed by atoms with Crippen molar-refractivity contribution < 1.29 is 21.9 Å². The fourth-order valence-electron chi connectivity index (χ4n) is 2.71. The minimum atomic E-state index is -3.79. The third-order valence-corrected chi connectivity index (χ3v) is 5.21. The highest BCUT2D eigenvalue weighted by Crippen LogP contribution is 2.28. The monoisotopic (exact) mass is 355 g/mol. The van der Waals surface area contributed by atoms with Gasteiger partial charge in [0.2, 0.25) is 0 Å². The minimum absolute atomic E-state index is 0.0202. The van der Waals surface area contributed by atoms with Crippen LogP contribution in [-0.2, 0) is 10.0 Å². The van der Waals surface area contributed by atoms with Crippen LogP contribution in [0.4, 0.5) is 14.5 Å². The Hall–Kier alpha value is -2.15. The largest absolute Gasteiger partial charge is 0.435 e. The van der Waals surface area contributed by atoms with Crippen molar-refractivity contribution in [2.24, 2.45) is 0 Å². The number of hydrogen-bond donors (Lipinski definition) is 1. The second-order valence-electron chi connectivity index (χ2n) is 5.69. The van der Waals surface area contributed by atoms with Crippen LogP contribution >= 0.6 is 0 Å². The number of sulfonamides is 1. The fourth-order valence-corrected chi connectivity index (χ4v) is 4.30. The second kappa shape index (κ2) is 6.76. The van der Waals surface area contributed by atoms with Crippen LogP contribution in [0.5, 0.6) is 5.75 Å². The van der Waals surface area contributed by atoms with Crippen molar-refractivity contribution in [1.82, 2.24) is 0 Å². The van der Waals surface area contributed by atoms with E-state index in [0.29, 0.717) is 22.4 Å². The number of alkyl halides is 2. The Kier molecular flexibility index (Phi) is 5.13. The molecule has 2 rings (SSSR count). The summed E-state index contributed by atoms with van der Waals surface area (Å²) in [6.07, 6.45) is 0. The molecule has 0 spiro atoms. The highest BCUT2D eigenvalue weighted by Gasteiger charge is 2.21. The number of aryl methyl sites for hydroxylation is 4. The normalized spacial score (nSPS) is 11.6. The van der Waals surface area contributed by atoms with Gasteiger partial charge in [-0.3, -0.25) is 4.72 Å². The van der Waals surface area contributed by atoms with Gasteiger partial charge >= 0.3 is 6.61 Å². The van der Waals surface area contributed by atoms with Gasteiger partial charge in [0.05, 0.1) is 10.6 Å². The number of halogens is 2. The van der Waals surface area contributed by atoms with Crippen LogP contribution in [0.3, 0.4) is 0 Å². The lowest BCUT2D eigenvalue weighted by atomic mass is 10.1. The number of nitrogens with one attached hydrogen (secondary N) is 1. The molecule has 2 aromatic rings. The molecular weight excluding hydrogens is 336 g/mol. The Morgan fingerprint density at radius 2 is 1.54 bits per heavy atom. The lowest BCUT2D eigenvalue weighted by molar-refractivity contribution is -0.0498. The molecular formula is C17H19F2NO3S. The highest BCUT2D eigenvalue weighted by molar-refractivity contribution is 7.92. The summed E-state index contributed by atoms with van der Waals surface area (Å²) >= 11 is 0. The van der Waals surface area contributed by atoms with Gasteiger partial charge in [0.25, 0.3) is 10.0 Å². The van der Waals surface area contributed by atoms with Crippen LogP contribution in [0.2, 0.25) is 0 Å². The van der Waals surface area contributed by atoms with Crippen LogP contribution in [0.15, 0.2) is 35.2 Å². The molecule has 0 aliphatic rings. The van der Waals surface area contributed by atoms with Crippen molar-refractivity contribution in [3.05, 3.63) is 52.6 Å². The summed E-state index contributed by atoms with van der Waals surface area (Å²) in [6, 6.07) is 7.66. The molecule has 0 saturated heterocycles. The van der Waals surface area contributed by atoms with E-state index in [4.69, 9.17) is 0 Å². The molecule has 4 nitrogen and oxygen atoms in total. The maximum absolute atomic E-state index is 12.7. The first-order valence-corrected chi connectivity index (χ1v) is 8.74. The van der Waals surface area contributed by atoms with Crippen LogP contribution in [0, 0.1) is 27.7 Å². The molecule has 0 radical (unpaired) electrons. The molecule has 0 aliphatic heterocycles. The average molecular weight is 355 g/mol. The molecule has 0 atom stereocenters. The van der Waals surface area contributed by atoms with Crippen molar-refractivity contribution in [1.29, 1.82) is 0 Å². The summed E-state index contributed by atoms with van der Waals surface area (Å²) < 4.78 is 56.7. The first kappa shape index (κ1) is 18.2. The molecule has 0 saturated carbocycles. The Morgan fingerprint density at radius 3 is 2.04 bits per heavy atom. The summed E-state index contributed by atoms with van der Waals surface area (Å²) in [7, 11) is -3.79. The second-order valence-corrected chi connectivity index (χ2v) is 7.31. The van der Waals surface area contributed by atoms with Gasteiger partial charge in [0.15, 0.2) is 0 Å². The molecule has 0 fully saturated rings. The average Bonchev–Trinajstić information content (AvgIpc) is 2.39. The summed E-state index contributed by atoms with van der Waals surface area (Å²) in [4.78, 5) is 0.223. The molecule has 0 bridgehead atoms. The number of benzene rings is 2. The van der Waals surface area contributed by atoms with E-state index in [0.717, 1.165) is 5.56 Å². The first-order valence-electron chi connectivity index (χ1n) is 7.26. The zero-order chi connectivity index (χ0) is 18.1. The molecule has 24 heavy (non-hydrogen) atoms. The van der Waals surface area contributed by atoms with Crippen LogP contribution < -0.4 is 9.46 Å². The van der Waals surface area contributed by atoms with E-state index in [-0.39, 0.29) is 10.6 Å². The van der Waals surface area contributed by atoms with Crippen molar-refractivity contribution in [2.45, 2.75) is 39.2 Å². The van der Waals surface area contributed by atoms with E-state index in [1.807, 2.05) is 6.92 Å². The van der Waals surface area contributed by atoms with Gasteiger partial charge in [-0.25, -0.2) is 8.42 Å². The number of ether oxygens (including phenoxy) is 1. The SMILES string of the molecule is Cc1cc(C)c(S(=O)(=O)Nc2ccc(OC(F)F)cc2C)c(C)c1. The van der Waals surface area contributed by atoms with E-state index in [1.54, 1.807) is 32.9 Å². The molecule has 0 unspecified atom stereocenters. The third kappa shape index (κ3) is 4.03. The van der Waals surface area contributed by atoms with Gasteiger partial charge in [-0.1, -0.05) is 17.7 Å². The van der Waals surface area contributed by atoms with E-state index >= 15 is 0 Å². The van der Waals surface area contributed by atoms with Crippen molar-refractivity contribution in [3.8, 4) is 5.75 Å². The van der Waals surface area contributed by atoms with Crippen molar-refractivity contribution in [3.63, 3.8) is 0 Å². The minimum Gasteiger partial charge on any atom is -0.435 e. The van der Waals surface area contributed by atoms with Crippen LogP contribution in [0.1, 0.15) is 22.3 Å². The summed E-state index contributed by atoms with van der Waals surface area (Å²) in [5, 5.41) is 0. The highest BCUT2D eigenvalue weighted by atomic mass is 32.2. The van der Waals surface area contributed by atoms with Gasteiger partial charge in [0.1, 0.15) is 5.75 Å². The van der Waals surface area contributed by atoms with Gasteiger partial charge in [-0.2, -0.15) is 8.78 Å². The zero-order valence-electron chi connectivity index (χ0n) is 13.9. The molecule has 0 heterocycles. The smallest absolute Gasteiger partial charge is 0.387 e. The van der Waals surface area contributed by atoms with E-state index in [2.05, 4.69) is 9.46 Å². The van der Waals surface area contributed by atoms with E-state index in [9.17, 15) is 17.2 Å². The summed E-state index contributed by atoms with van der Waals surface area (Å²) in [6.45, 7) is 4.06. The van der Waals surface area contributed by atoms with Crippen molar-refractivity contribution in [2.75, 3.05) is 4.72 Å². The van der Waals surface area contributed by atoms with Crippen molar-refractivity contribution >= 4 is 15.7 Å². The fraction of sp³-hybridized carbons (Fsp3) is 0.294. The lowest BCUT2D eigenvalue weighted by Gasteiger charge is -2.16. The lowest BCUT2D eigenvalue weighted by Crippen LogP contribution is -2.16. The van der Waals surface area contributed by atoms with Gasteiger partial charge in [-0.05, 0) is 62.6 Å². The quantitative estimate of drug-likeness (QED) is 0.869. The van der Waals surface area contributed by atoms with Gasteiger partial charge in [0, 0.05) is 0 Å². The molecule has 0 amide bonds. The standard InChI is InChI=1S/C17H19F2NO3S/c1-10-7-12(3)16(13(4)8-10)24(21,22)20-15-6-5-14(9-11(15)2)23-17(18)19/h5-9,17,20H,1-4H3. The molecule has 0 aliphatic carbocycles. The summed E-state index contributed by atoms with van der Waals surface area (Å²) in [5.74, 6) is -0.0202. The molecule has 7 heteroatoms. The Bertz CT molecular complexity index is 841. The van der Waals surface area contributed by atoms with Gasteiger partial charge < -0.3 is 4.74 Å². The molecule has 0 aromatic heterocycles. The van der Waals surface area contributed by atoms with E-state index < -0.39 is 16.6 Å². The van der Waals surface area contributed by atoms with E-state index in [1.165, 1.54) is 18.2 Å². The van der Waals surface area contributed by atoms with Gasteiger partial charge in [-0.15, -0.1) is 0 Å². The van der Waals surface area contributed by atoms with Crippen LogP contribution in [0.25, 0.3) is 0 Å². The first-order chi connectivity index (χ1) is 11.1.